The number of quaternary nitrogens is 1. The Hall–Kier alpha value is -3.79. The van der Waals surface area contributed by atoms with Gasteiger partial charge >= 0.3 is 11.9 Å². The molecule has 2 unspecified atom stereocenters. The van der Waals surface area contributed by atoms with Gasteiger partial charge in [0.1, 0.15) is 13.2 Å². The number of allylic oxidation sites excluding steroid dienone is 16. The van der Waals surface area contributed by atoms with Crippen LogP contribution in [0.15, 0.2) is 97.2 Å². The zero-order chi connectivity index (χ0) is 64.7. The lowest BCUT2D eigenvalue weighted by atomic mass is 10.0. The molecule has 0 radical (unpaired) electrons. The van der Waals surface area contributed by atoms with Crippen molar-refractivity contribution in [3.8, 4) is 0 Å². The van der Waals surface area contributed by atoms with Crippen molar-refractivity contribution in [2.75, 3.05) is 47.5 Å². The summed E-state index contributed by atoms with van der Waals surface area (Å²) in [4.78, 5) is 37.5. The molecular formula is C80H141NO8. The number of carbonyl (C=O) groups excluding carboxylic acids is 3. The van der Waals surface area contributed by atoms with E-state index < -0.39 is 24.3 Å². The molecule has 0 aliphatic heterocycles. The summed E-state index contributed by atoms with van der Waals surface area (Å²) in [5.41, 5.74) is 0. The molecule has 2 atom stereocenters. The van der Waals surface area contributed by atoms with Crippen LogP contribution >= 0.6 is 0 Å². The summed E-state index contributed by atoms with van der Waals surface area (Å²) in [6.45, 7) is 4.67. The van der Waals surface area contributed by atoms with E-state index in [-0.39, 0.29) is 32.2 Å². The molecule has 514 valence electrons. The van der Waals surface area contributed by atoms with E-state index in [1.54, 1.807) is 0 Å². The Morgan fingerprint density at radius 3 is 0.966 bits per heavy atom. The zero-order valence-electron chi connectivity index (χ0n) is 58.8. The van der Waals surface area contributed by atoms with Gasteiger partial charge in [-0.05, 0) is 96.3 Å². The maximum Gasteiger partial charge on any atom is 0.306 e. The van der Waals surface area contributed by atoms with Gasteiger partial charge in [0.25, 0.3) is 0 Å². The van der Waals surface area contributed by atoms with Crippen LogP contribution in [0.4, 0.5) is 0 Å². The Morgan fingerprint density at radius 1 is 0.348 bits per heavy atom. The Labute approximate surface area is 550 Å². The molecular weight excluding hydrogens is 1100 g/mol. The number of esters is 2. The summed E-state index contributed by atoms with van der Waals surface area (Å²) in [6, 6.07) is 0. The fourth-order valence-electron chi connectivity index (χ4n) is 10.6. The minimum absolute atomic E-state index is 0.147. The summed E-state index contributed by atoms with van der Waals surface area (Å²) in [7, 11) is 5.94. The van der Waals surface area contributed by atoms with Crippen molar-refractivity contribution in [2.45, 2.75) is 347 Å². The molecule has 0 aliphatic rings. The minimum Gasteiger partial charge on any atom is -0.545 e. The van der Waals surface area contributed by atoms with E-state index in [9.17, 15) is 19.5 Å². The molecule has 0 fully saturated rings. The molecule has 89 heavy (non-hydrogen) atoms. The largest absolute Gasteiger partial charge is 0.545 e. The first-order valence-corrected chi connectivity index (χ1v) is 37.4. The van der Waals surface area contributed by atoms with E-state index in [1.165, 1.54) is 225 Å². The lowest BCUT2D eigenvalue weighted by Gasteiger charge is -2.26. The van der Waals surface area contributed by atoms with Crippen LogP contribution in [0.1, 0.15) is 335 Å². The van der Waals surface area contributed by atoms with Crippen LogP contribution in [-0.2, 0) is 33.3 Å². The first kappa shape index (κ1) is 85.2. The lowest BCUT2D eigenvalue weighted by molar-refractivity contribution is -0.870. The number of hydrogen-bond donors (Lipinski definition) is 0. The Balaban J connectivity index is 4.02. The molecule has 9 nitrogen and oxygen atoms in total. The van der Waals surface area contributed by atoms with Gasteiger partial charge in [-0.1, -0.05) is 323 Å². The van der Waals surface area contributed by atoms with Crippen LogP contribution < -0.4 is 5.11 Å². The van der Waals surface area contributed by atoms with E-state index in [2.05, 4.69) is 111 Å². The molecule has 0 amide bonds. The first-order chi connectivity index (χ1) is 43.6. The molecule has 0 rings (SSSR count). The number of rotatable bonds is 69. The van der Waals surface area contributed by atoms with E-state index in [0.29, 0.717) is 23.9 Å². The van der Waals surface area contributed by atoms with Gasteiger partial charge in [-0.15, -0.1) is 0 Å². The molecule has 0 bridgehead atoms. The smallest absolute Gasteiger partial charge is 0.306 e. The molecule has 9 heteroatoms. The Morgan fingerprint density at radius 2 is 0.640 bits per heavy atom. The zero-order valence-corrected chi connectivity index (χ0v) is 58.8. The third-order valence-corrected chi connectivity index (χ3v) is 16.3. The van der Waals surface area contributed by atoms with Gasteiger partial charge in [0, 0.05) is 12.8 Å². The van der Waals surface area contributed by atoms with Crippen LogP contribution in [-0.4, -0.2) is 82.3 Å². The maximum atomic E-state index is 13.0. The van der Waals surface area contributed by atoms with Gasteiger partial charge in [0.2, 0.25) is 0 Å². The standard InChI is InChI=1S/C80H141NO8/c1-6-8-10-12-14-16-18-20-22-24-26-28-30-31-32-33-34-35-36-37-38-39-40-41-42-43-44-45-46-47-49-51-53-55-57-59-61-63-65-67-69-71-78(83)89-76(75-88-80(79(84)85)86-73-72-81(3,4)5)74-87-77(82)70-68-66-64-62-60-58-56-54-52-50-48-29-27-25-23-21-19-17-15-13-11-9-7-2/h8,10,14,16,20,22,25-28,31-32,34-35,37-38,76,80H,6-7,9,11-13,15,17-19,21,23-24,29-30,33,36,39-75H2,1-5H3/b10-8-,16-14-,22-20-,27-25-,28-26-,32-31-,35-34-,38-37-. The Kier molecular flexibility index (Phi) is 67.1. The number of carbonyl (C=O) groups is 3. The average Bonchev–Trinajstić information content (AvgIpc) is 3.64. The van der Waals surface area contributed by atoms with Crippen LogP contribution in [0.5, 0.6) is 0 Å². The highest BCUT2D eigenvalue weighted by Gasteiger charge is 2.22. The SMILES string of the molecule is CC/C=C\C/C=C\C/C=C\C/C=C\C/C=C\C/C=C\C/C=C\CCCCCCCCCCCCCCCCCCCCCC(=O)OC(COC(=O)CCCCCCCCCCCCC/C=C\CCCCCCCCCC)COC(OCC[N+](C)(C)C)C(=O)[O-]. The van der Waals surface area contributed by atoms with Gasteiger partial charge < -0.3 is 33.3 Å². The number of carboxylic acids is 1. The molecule has 0 saturated heterocycles. The fraction of sp³-hybridized carbons (Fsp3) is 0.762. The van der Waals surface area contributed by atoms with Crippen LogP contribution in [0.2, 0.25) is 0 Å². The van der Waals surface area contributed by atoms with Gasteiger partial charge in [0.05, 0.1) is 40.3 Å². The highest BCUT2D eigenvalue weighted by atomic mass is 16.7. The quantitative estimate of drug-likeness (QED) is 0.0195. The third kappa shape index (κ3) is 71.5. The topological polar surface area (TPSA) is 111 Å². The second-order valence-electron chi connectivity index (χ2n) is 26.2. The van der Waals surface area contributed by atoms with Crippen molar-refractivity contribution < 1.29 is 42.9 Å². The van der Waals surface area contributed by atoms with Crippen molar-refractivity contribution >= 4 is 17.9 Å². The predicted molar refractivity (Wildman–Crippen MR) is 380 cm³/mol. The van der Waals surface area contributed by atoms with Gasteiger partial charge in [-0.3, -0.25) is 9.59 Å². The molecule has 0 N–H and O–H groups in total. The lowest BCUT2D eigenvalue weighted by Crippen LogP contribution is -2.44. The Bertz CT molecular complexity index is 1790. The van der Waals surface area contributed by atoms with Crippen LogP contribution in [0, 0.1) is 0 Å². The number of unbranched alkanes of at least 4 members (excludes halogenated alkanes) is 38. The monoisotopic (exact) mass is 1240 g/mol. The van der Waals surface area contributed by atoms with Crippen molar-refractivity contribution in [1.82, 2.24) is 0 Å². The van der Waals surface area contributed by atoms with Crippen molar-refractivity contribution in [2.24, 2.45) is 0 Å². The molecule has 0 aromatic carbocycles. The highest BCUT2D eigenvalue weighted by Crippen LogP contribution is 2.18. The van der Waals surface area contributed by atoms with E-state index in [0.717, 1.165) is 77.0 Å². The molecule has 0 aliphatic carbocycles. The van der Waals surface area contributed by atoms with Crippen LogP contribution in [0.3, 0.4) is 0 Å². The van der Waals surface area contributed by atoms with Crippen molar-refractivity contribution in [3.05, 3.63) is 97.2 Å². The summed E-state index contributed by atoms with van der Waals surface area (Å²) < 4.78 is 22.8. The van der Waals surface area contributed by atoms with Crippen molar-refractivity contribution in [3.63, 3.8) is 0 Å². The summed E-state index contributed by atoms with van der Waals surface area (Å²) >= 11 is 0. The molecule has 0 heterocycles. The fourth-order valence-corrected chi connectivity index (χ4v) is 10.6. The molecule has 0 aromatic heterocycles. The summed E-state index contributed by atoms with van der Waals surface area (Å²) in [5, 5.41) is 11.8. The molecule has 0 aromatic rings. The number of hydrogen-bond acceptors (Lipinski definition) is 8. The van der Waals surface area contributed by atoms with Crippen molar-refractivity contribution in [1.29, 1.82) is 0 Å². The average molecular weight is 1250 g/mol. The number of nitrogens with zero attached hydrogens (tertiary/aromatic N) is 1. The second-order valence-corrected chi connectivity index (χ2v) is 26.2. The van der Waals surface area contributed by atoms with Gasteiger partial charge in [-0.25, -0.2) is 0 Å². The second kappa shape index (κ2) is 70.1. The van der Waals surface area contributed by atoms with E-state index in [1.807, 2.05) is 21.1 Å². The highest BCUT2D eigenvalue weighted by molar-refractivity contribution is 5.70. The number of likely N-dealkylation sites (N-methyl/N-ethyl adjacent to an activating group) is 1. The third-order valence-electron chi connectivity index (χ3n) is 16.3. The first-order valence-electron chi connectivity index (χ1n) is 37.4. The summed E-state index contributed by atoms with van der Waals surface area (Å²) in [5.74, 6) is -2.27. The minimum atomic E-state index is -1.62. The maximum absolute atomic E-state index is 13.0. The molecule has 0 spiro atoms. The number of aliphatic carboxylic acids is 1. The van der Waals surface area contributed by atoms with Gasteiger partial charge in [-0.2, -0.15) is 0 Å². The van der Waals surface area contributed by atoms with E-state index in [4.69, 9.17) is 18.9 Å². The molecule has 0 saturated carbocycles. The van der Waals surface area contributed by atoms with E-state index >= 15 is 0 Å². The summed E-state index contributed by atoms with van der Waals surface area (Å²) in [6.07, 6.45) is 93.6. The predicted octanol–water partition coefficient (Wildman–Crippen LogP) is 22.3. The number of ether oxygens (including phenoxy) is 4. The van der Waals surface area contributed by atoms with Gasteiger partial charge in [0.15, 0.2) is 12.4 Å². The normalized spacial score (nSPS) is 13.2. The number of carboxylic acid groups (broad SMARTS) is 1. The van der Waals surface area contributed by atoms with Crippen LogP contribution in [0.25, 0.3) is 0 Å².